The lowest BCUT2D eigenvalue weighted by Crippen LogP contribution is -2.37. The average Bonchev–Trinajstić information content (AvgIpc) is 2.39. The number of ether oxygens (including phenoxy) is 1. The Labute approximate surface area is 115 Å². The van der Waals surface area contributed by atoms with Crippen molar-refractivity contribution >= 4 is 11.6 Å². The number of hydrogen-bond donors (Lipinski definition) is 2. The van der Waals surface area contributed by atoms with Gasteiger partial charge in [-0.25, -0.2) is 0 Å². The molecule has 106 valence electrons. The summed E-state index contributed by atoms with van der Waals surface area (Å²) in [7, 11) is 3.53. The van der Waals surface area contributed by atoms with Crippen LogP contribution in [-0.2, 0) is 4.74 Å². The summed E-state index contributed by atoms with van der Waals surface area (Å²) >= 11 is 0. The third-order valence-corrected chi connectivity index (χ3v) is 3.10. The number of hydrogen-bond acceptors (Lipinski definition) is 3. The smallest absolute Gasteiger partial charge is 0.251 e. The average molecular weight is 264 g/mol. The highest BCUT2D eigenvalue weighted by atomic mass is 16.5. The van der Waals surface area contributed by atoms with Crippen LogP contribution in [0.4, 0.5) is 5.69 Å². The second kappa shape index (κ2) is 7.79. The molecule has 1 unspecified atom stereocenters. The molecule has 4 nitrogen and oxygen atoms in total. The van der Waals surface area contributed by atoms with Gasteiger partial charge in [0.15, 0.2) is 0 Å². The van der Waals surface area contributed by atoms with Crippen molar-refractivity contribution in [1.82, 2.24) is 5.32 Å². The van der Waals surface area contributed by atoms with Crippen molar-refractivity contribution in [2.45, 2.75) is 32.7 Å². The lowest BCUT2D eigenvalue weighted by atomic mass is 10.1. The largest absolute Gasteiger partial charge is 0.388 e. The Morgan fingerprint density at radius 1 is 1.42 bits per heavy atom. The molecule has 0 aliphatic heterocycles. The monoisotopic (exact) mass is 264 g/mol. The van der Waals surface area contributed by atoms with Gasteiger partial charge in [0.2, 0.25) is 0 Å². The topological polar surface area (TPSA) is 50.4 Å². The first-order valence-corrected chi connectivity index (χ1v) is 6.70. The summed E-state index contributed by atoms with van der Waals surface area (Å²) in [5, 5.41) is 6.11. The molecular formula is C15H24N2O2. The lowest BCUT2D eigenvalue weighted by molar-refractivity contribution is 0.0891. The van der Waals surface area contributed by atoms with Crippen molar-refractivity contribution in [3.63, 3.8) is 0 Å². The molecule has 1 aromatic carbocycles. The maximum Gasteiger partial charge on any atom is 0.251 e. The molecule has 1 amide bonds. The number of carbonyl (C=O) groups is 1. The highest BCUT2D eigenvalue weighted by Gasteiger charge is 2.13. The third-order valence-electron chi connectivity index (χ3n) is 3.10. The van der Waals surface area contributed by atoms with E-state index >= 15 is 0 Å². The number of rotatable bonds is 7. The zero-order valence-electron chi connectivity index (χ0n) is 12.2. The van der Waals surface area contributed by atoms with Crippen LogP contribution in [0.1, 0.15) is 35.7 Å². The van der Waals surface area contributed by atoms with E-state index < -0.39 is 0 Å². The van der Waals surface area contributed by atoms with E-state index in [9.17, 15) is 4.79 Å². The van der Waals surface area contributed by atoms with Gasteiger partial charge in [-0.2, -0.15) is 0 Å². The van der Waals surface area contributed by atoms with Gasteiger partial charge in [-0.05, 0) is 37.1 Å². The Hall–Kier alpha value is -1.55. The van der Waals surface area contributed by atoms with E-state index in [1.165, 1.54) is 0 Å². The molecule has 0 fully saturated rings. The van der Waals surface area contributed by atoms with Crippen molar-refractivity contribution in [1.29, 1.82) is 0 Å². The minimum atomic E-state index is -0.0405. The summed E-state index contributed by atoms with van der Waals surface area (Å²) in [5.74, 6) is -0.0405. The van der Waals surface area contributed by atoms with Crippen molar-refractivity contribution in [3.8, 4) is 0 Å². The number of nitrogens with one attached hydrogen (secondary N) is 2. The number of anilines is 1. The molecule has 0 saturated carbocycles. The van der Waals surface area contributed by atoms with Crippen molar-refractivity contribution < 1.29 is 9.53 Å². The summed E-state index contributed by atoms with van der Waals surface area (Å²) in [6, 6.07) is 5.74. The zero-order chi connectivity index (χ0) is 14.3. The molecule has 2 N–H and O–H groups in total. The second-order valence-corrected chi connectivity index (χ2v) is 4.69. The maximum atomic E-state index is 12.2. The normalized spacial score (nSPS) is 12.0. The number of carbonyl (C=O) groups excluding carboxylic acids is 1. The molecule has 1 aromatic rings. The van der Waals surface area contributed by atoms with Crippen LogP contribution in [0.25, 0.3) is 0 Å². The molecule has 0 saturated heterocycles. The molecule has 0 spiro atoms. The number of aryl methyl sites for hydroxylation is 1. The quantitative estimate of drug-likeness (QED) is 0.796. The molecular weight excluding hydrogens is 240 g/mol. The Morgan fingerprint density at radius 3 is 2.68 bits per heavy atom. The fraction of sp³-hybridized carbons (Fsp3) is 0.533. The van der Waals surface area contributed by atoms with E-state index in [1.807, 2.05) is 32.2 Å². The van der Waals surface area contributed by atoms with Crippen LogP contribution in [0.15, 0.2) is 18.2 Å². The first-order chi connectivity index (χ1) is 9.12. The van der Waals surface area contributed by atoms with Gasteiger partial charge < -0.3 is 15.4 Å². The Bertz CT molecular complexity index is 413. The van der Waals surface area contributed by atoms with E-state index in [2.05, 4.69) is 17.6 Å². The summed E-state index contributed by atoms with van der Waals surface area (Å²) in [4.78, 5) is 12.2. The number of amides is 1. The molecule has 1 atom stereocenters. The highest BCUT2D eigenvalue weighted by Crippen LogP contribution is 2.15. The van der Waals surface area contributed by atoms with Gasteiger partial charge in [-0.3, -0.25) is 4.79 Å². The van der Waals surface area contributed by atoms with E-state index in [-0.39, 0.29) is 11.9 Å². The van der Waals surface area contributed by atoms with Crippen LogP contribution in [0.5, 0.6) is 0 Å². The third kappa shape index (κ3) is 4.56. The van der Waals surface area contributed by atoms with E-state index in [4.69, 9.17) is 4.74 Å². The highest BCUT2D eigenvalue weighted by molar-refractivity contribution is 5.95. The fourth-order valence-corrected chi connectivity index (χ4v) is 2.10. The van der Waals surface area contributed by atoms with Crippen LogP contribution in [-0.4, -0.2) is 32.7 Å². The molecule has 0 aromatic heterocycles. The van der Waals surface area contributed by atoms with Crippen LogP contribution < -0.4 is 10.6 Å². The number of benzene rings is 1. The zero-order valence-corrected chi connectivity index (χ0v) is 12.2. The Kier molecular flexibility index (Phi) is 6.36. The standard InChI is InChI=1S/C15H24N2O2/c1-5-6-13(10-19-4)17-15(18)12-7-8-14(16-3)11(2)9-12/h7-9,13,16H,5-6,10H2,1-4H3,(H,17,18). The van der Waals surface area contributed by atoms with E-state index in [1.54, 1.807) is 7.11 Å². The van der Waals surface area contributed by atoms with Crippen molar-refractivity contribution in [2.24, 2.45) is 0 Å². The molecule has 0 aliphatic carbocycles. The van der Waals surface area contributed by atoms with Gasteiger partial charge in [0.25, 0.3) is 5.91 Å². The van der Waals surface area contributed by atoms with E-state index in [0.717, 1.165) is 24.1 Å². The van der Waals surface area contributed by atoms with Crippen molar-refractivity contribution in [2.75, 3.05) is 26.1 Å². The van der Waals surface area contributed by atoms with Gasteiger partial charge in [0.05, 0.1) is 12.6 Å². The predicted octanol–water partition coefficient (Wildman–Crippen LogP) is 2.58. The van der Waals surface area contributed by atoms with E-state index in [0.29, 0.717) is 12.2 Å². The van der Waals surface area contributed by atoms with Crippen molar-refractivity contribution in [3.05, 3.63) is 29.3 Å². The van der Waals surface area contributed by atoms with Gasteiger partial charge in [0.1, 0.15) is 0 Å². The molecule has 0 radical (unpaired) electrons. The summed E-state index contributed by atoms with van der Waals surface area (Å²) in [6.45, 7) is 4.63. The Balaban J connectivity index is 2.73. The molecule has 19 heavy (non-hydrogen) atoms. The first-order valence-electron chi connectivity index (χ1n) is 6.70. The van der Waals surface area contributed by atoms with Gasteiger partial charge >= 0.3 is 0 Å². The summed E-state index contributed by atoms with van der Waals surface area (Å²) in [5.41, 5.74) is 2.79. The summed E-state index contributed by atoms with van der Waals surface area (Å²) in [6.07, 6.45) is 1.94. The van der Waals surface area contributed by atoms with Crippen LogP contribution >= 0.6 is 0 Å². The SMILES string of the molecule is CCCC(COC)NC(=O)c1ccc(NC)c(C)c1. The molecule has 0 bridgehead atoms. The summed E-state index contributed by atoms with van der Waals surface area (Å²) < 4.78 is 5.13. The van der Waals surface area contributed by atoms with Crippen LogP contribution in [0.2, 0.25) is 0 Å². The minimum Gasteiger partial charge on any atom is -0.388 e. The molecule has 0 heterocycles. The lowest BCUT2D eigenvalue weighted by Gasteiger charge is -2.17. The molecule has 1 rings (SSSR count). The van der Waals surface area contributed by atoms with Gasteiger partial charge in [-0.15, -0.1) is 0 Å². The van der Waals surface area contributed by atoms with Crippen LogP contribution in [0.3, 0.4) is 0 Å². The molecule has 0 aliphatic rings. The fourth-order valence-electron chi connectivity index (χ4n) is 2.10. The number of methoxy groups -OCH3 is 1. The Morgan fingerprint density at radius 2 is 2.16 bits per heavy atom. The van der Waals surface area contributed by atoms with Gasteiger partial charge in [0, 0.05) is 25.4 Å². The van der Waals surface area contributed by atoms with Gasteiger partial charge in [-0.1, -0.05) is 13.3 Å². The second-order valence-electron chi connectivity index (χ2n) is 4.69. The molecule has 4 heteroatoms. The maximum absolute atomic E-state index is 12.2. The predicted molar refractivity (Wildman–Crippen MR) is 78.8 cm³/mol. The minimum absolute atomic E-state index is 0.0405. The van der Waals surface area contributed by atoms with Crippen LogP contribution in [0, 0.1) is 6.92 Å². The first kappa shape index (κ1) is 15.5.